The SMILES string of the molecule is CCCN(CCO)C(=O)CC1(C(=O)O)CCCCCC1. The Kier molecular flexibility index (Phi) is 6.99. The standard InChI is InChI=1S/C15H27NO4/c1-2-9-16(10-11-17)13(18)12-15(14(19)20)7-5-3-4-6-8-15/h17H,2-12H2,1H3,(H,19,20). The van der Waals surface area contributed by atoms with Crippen molar-refractivity contribution in [3.63, 3.8) is 0 Å². The Morgan fingerprint density at radius 1 is 1.10 bits per heavy atom. The van der Waals surface area contributed by atoms with Crippen molar-refractivity contribution in [1.82, 2.24) is 4.90 Å². The molecule has 1 aliphatic carbocycles. The second-order valence-corrected chi connectivity index (χ2v) is 5.78. The van der Waals surface area contributed by atoms with Gasteiger partial charge in [-0.1, -0.05) is 32.6 Å². The van der Waals surface area contributed by atoms with E-state index in [9.17, 15) is 14.7 Å². The Morgan fingerprint density at radius 2 is 1.70 bits per heavy atom. The average molecular weight is 285 g/mol. The zero-order chi connectivity index (χ0) is 15.0. The summed E-state index contributed by atoms with van der Waals surface area (Å²) in [7, 11) is 0. The molecule has 0 saturated heterocycles. The molecule has 0 unspecified atom stereocenters. The van der Waals surface area contributed by atoms with E-state index in [1.807, 2.05) is 6.92 Å². The van der Waals surface area contributed by atoms with Crippen LogP contribution in [0.2, 0.25) is 0 Å². The molecule has 20 heavy (non-hydrogen) atoms. The number of hydrogen-bond donors (Lipinski definition) is 2. The maximum absolute atomic E-state index is 12.4. The zero-order valence-electron chi connectivity index (χ0n) is 12.4. The van der Waals surface area contributed by atoms with Crippen molar-refractivity contribution >= 4 is 11.9 Å². The highest BCUT2D eigenvalue weighted by atomic mass is 16.4. The Balaban J connectivity index is 2.77. The molecular formula is C15H27NO4. The number of amides is 1. The van der Waals surface area contributed by atoms with Gasteiger partial charge >= 0.3 is 5.97 Å². The molecule has 1 saturated carbocycles. The number of nitrogens with zero attached hydrogens (tertiary/aromatic N) is 1. The maximum Gasteiger partial charge on any atom is 0.310 e. The van der Waals surface area contributed by atoms with E-state index in [-0.39, 0.29) is 18.9 Å². The van der Waals surface area contributed by atoms with E-state index in [1.54, 1.807) is 4.90 Å². The Bertz CT molecular complexity index is 316. The van der Waals surface area contributed by atoms with Gasteiger partial charge in [0.05, 0.1) is 12.0 Å². The van der Waals surface area contributed by atoms with Crippen molar-refractivity contribution < 1.29 is 19.8 Å². The fraction of sp³-hybridized carbons (Fsp3) is 0.867. The molecule has 0 aromatic heterocycles. The molecule has 5 heteroatoms. The molecular weight excluding hydrogens is 258 g/mol. The number of aliphatic hydroxyl groups is 1. The van der Waals surface area contributed by atoms with Gasteiger partial charge in [0.2, 0.25) is 5.91 Å². The quantitative estimate of drug-likeness (QED) is 0.702. The molecule has 0 aromatic carbocycles. The molecule has 2 N–H and O–H groups in total. The predicted octanol–water partition coefficient (Wildman–Crippen LogP) is 2.03. The molecule has 1 amide bonds. The minimum atomic E-state index is -0.894. The molecule has 0 heterocycles. The van der Waals surface area contributed by atoms with Gasteiger partial charge in [-0.3, -0.25) is 9.59 Å². The van der Waals surface area contributed by atoms with Crippen molar-refractivity contribution in [2.45, 2.75) is 58.3 Å². The minimum Gasteiger partial charge on any atom is -0.481 e. The van der Waals surface area contributed by atoms with Crippen molar-refractivity contribution in [3.05, 3.63) is 0 Å². The zero-order valence-corrected chi connectivity index (χ0v) is 12.4. The summed E-state index contributed by atoms with van der Waals surface area (Å²) in [4.78, 5) is 25.6. The van der Waals surface area contributed by atoms with Crippen LogP contribution in [0.3, 0.4) is 0 Å². The topological polar surface area (TPSA) is 77.8 Å². The minimum absolute atomic E-state index is 0.0718. The van der Waals surface area contributed by atoms with Gasteiger partial charge in [0.15, 0.2) is 0 Å². The Morgan fingerprint density at radius 3 is 2.15 bits per heavy atom. The second kappa shape index (κ2) is 8.25. The lowest BCUT2D eigenvalue weighted by Gasteiger charge is -2.30. The van der Waals surface area contributed by atoms with Crippen LogP contribution in [0.4, 0.5) is 0 Å². The first-order valence-electron chi connectivity index (χ1n) is 7.68. The number of carbonyl (C=O) groups is 2. The summed E-state index contributed by atoms with van der Waals surface area (Å²) < 4.78 is 0. The predicted molar refractivity (Wildman–Crippen MR) is 76.3 cm³/mol. The third-order valence-electron chi connectivity index (χ3n) is 4.22. The summed E-state index contributed by atoms with van der Waals surface area (Å²) in [6.45, 7) is 2.76. The normalized spacial score (nSPS) is 18.3. The van der Waals surface area contributed by atoms with Crippen molar-refractivity contribution in [2.75, 3.05) is 19.7 Å². The highest BCUT2D eigenvalue weighted by Crippen LogP contribution is 2.39. The summed E-state index contributed by atoms with van der Waals surface area (Å²) in [5.74, 6) is -0.974. The third-order valence-corrected chi connectivity index (χ3v) is 4.22. The first kappa shape index (κ1) is 17.0. The van der Waals surface area contributed by atoms with E-state index in [0.29, 0.717) is 25.9 Å². The monoisotopic (exact) mass is 285 g/mol. The molecule has 0 aliphatic heterocycles. The van der Waals surface area contributed by atoms with Crippen LogP contribution < -0.4 is 0 Å². The molecule has 116 valence electrons. The van der Waals surface area contributed by atoms with Gasteiger partial charge in [-0.15, -0.1) is 0 Å². The van der Waals surface area contributed by atoms with Gasteiger partial charge in [-0.05, 0) is 19.3 Å². The van der Waals surface area contributed by atoms with Gasteiger partial charge in [0, 0.05) is 19.5 Å². The van der Waals surface area contributed by atoms with Crippen molar-refractivity contribution in [2.24, 2.45) is 5.41 Å². The van der Waals surface area contributed by atoms with Gasteiger partial charge in [0.1, 0.15) is 0 Å². The first-order chi connectivity index (χ1) is 9.55. The van der Waals surface area contributed by atoms with Crippen LogP contribution in [0.25, 0.3) is 0 Å². The number of carboxylic acid groups (broad SMARTS) is 1. The number of rotatable bonds is 7. The number of carbonyl (C=O) groups excluding carboxylic acids is 1. The van der Waals surface area contributed by atoms with Gasteiger partial charge in [-0.25, -0.2) is 0 Å². The summed E-state index contributed by atoms with van der Waals surface area (Å²) in [6, 6.07) is 0. The van der Waals surface area contributed by atoms with Crippen LogP contribution >= 0.6 is 0 Å². The van der Waals surface area contributed by atoms with Crippen LogP contribution in [0.5, 0.6) is 0 Å². The van der Waals surface area contributed by atoms with E-state index >= 15 is 0 Å². The van der Waals surface area contributed by atoms with Gasteiger partial charge in [-0.2, -0.15) is 0 Å². The smallest absolute Gasteiger partial charge is 0.310 e. The van der Waals surface area contributed by atoms with Crippen molar-refractivity contribution in [1.29, 1.82) is 0 Å². The molecule has 0 spiro atoms. The molecule has 1 fully saturated rings. The fourth-order valence-corrected chi connectivity index (χ4v) is 3.02. The fourth-order valence-electron chi connectivity index (χ4n) is 3.02. The number of carboxylic acids is 1. The van der Waals surface area contributed by atoms with Crippen molar-refractivity contribution in [3.8, 4) is 0 Å². The molecule has 0 radical (unpaired) electrons. The Hall–Kier alpha value is -1.10. The lowest BCUT2D eigenvalue weighted by molar-refractivity contribution is -0.155. The summed E-state index contributed by atoms with van der Waals surface area (Å²) >= 11 is 0. The lowest BCUT2D eigenvalue weighted by Crippen LogP contribution is -2.41. The maximum atomic E-state index is 12.4. The molecule has 1 aliphatic rings. The summed E-state index contributed by atoms with van der Waals surface area (Å²) in [5.41, 5.74) is -0.894. The largest absolute Gasteiger partial charge is 0.481 e. The molecule has 5 nitrogen and oxygen atoms in total. The highest BCUT2D eigenvalue weighted by Gasteiger charge is 2.41. The van der Waals surface area contributed by atoms with Crippen LogP contribution in [-0.2, 0) is 9.59 Å². The van der Waals surface area contributed by atoms with Gasteiger partial charge in [0.25, 0.3) is 0 Å². The van der Waals surface area contributed by atoms with Crippen LogP contribution in [0.15, 0.2) is 0 Å². The average Bonchev–Trinajstić information content (AvgIpc) is 2.65. The number of hydrogen-bond acceptors (Lipinski definition) is 3. The van der Waals surface area contributed by atoms with Crippen LogP contribution in [0.1, 0.15) is 58.3 Å². The number of aliphatic hydroxyl groups excluding tert-OH is 1. The van der Waals surface area contributed by atoms with E-state index < -0.39 is 11.4 Å². The van der Waals surface area contributed by atoms with Crippen LogP contribution in [0, 0.1) is 5.41 Å². The first-order valence-corrected chi connectivity index (χ1v) is 7.68. The van der Waals surface area contributed by atoms with E-state index in [4.69, 9.17) is 5.11 Å². The summed E-state index contributed by atoms with van der Waals surface area (Å²) in [5, 5.41) is 18.6. The molecule has 1 rings (SSSR count). The lowest BCUT2D eigenvalue weighted by atomic mass is 9.77. The highest BCUT2D eigenvalue weighted by molar-refractivity contribution is 5.85. The molecule has 0 aromatic rings. The third kappa shape index (κ3) is 4.47. The second-order valence-electron chi connectivity index (χ2n) is 5.78. The summed E-state index contributed by atoms with van der Waals surface area (Å²) in [6.07, 6.45) is 5.94. The van der Waals surface area contributed by atoms with E-state index in [1.165, 1.54) is 0 Å². The van der Waals surface area contributed by atoms with E-state index in [0.717, 1.165) is 32.1 Å². The number of aliphatic carboxylic acids is 1. The van der Waals surface area contributed by atoms with Crippen LogP contribution in [-0.4, -0.2) is 46.7 Å². The Labute approximate surface area is 121 Å². The van der Waals surface area contributed by atoms with E-state index in [2.05, 4.69) is 0 Å². The molecule has 0 bridgehead atoms. The van der Waals surface area contributed by atoms with Gasteiger partial charge < -0.3 is 15.1 Å². The molecule has 0 atom stereocenters.